The molecule has 0 saturated heterocycles. The fourth-order valence-electron chi connectivity index (χ4n) is 3.30. The number of nitro groups is 1. The minimum atomic E-state index is -0.311. The smallest absolute Gasteiger partial charge is 0.269 e. The molecule has 0 unspecified atom stereocenters. The van der Waals surface area contributed by atoms with E-state index < -0.39 is 0 Å². The van der Waals surface area contributed by atoms with Crippen LogP contribution in [-0.4, -0.2) is 9.91 Å². The van der Waals surface area contributed by atoms with Gasteiger partial charge < -0.3 is 5.32 Å². The Labute approximate surface area is 138 Å². The Kier molecular flexibility index (Phi) is 3.87. The van der Waals surface area contributed by atoms with Crippen LogP contribution in [0.3, 0.4) is 0 Å². The first kappa shape index (κ1) is 14.8. The summed E-state index contributed by atoms with van der Waals surface area (Å²) in [6.07, 6.45) is 5.70. The highest BCUT2D eigenvalue weighted by Gasteiger charge is 2.26. The number of nitrogens with zero attached hydrogens (tertiary/aromatic N) is 2. The van der Waals surface area contributed by atoms with Crippen molar-refractivity contribution < 1.29 is 4.92 Å². The van der Waals surface area contributed by atoms with Gasteiger partial charge in [-0.25, -0.2) is 4.98 Å². The van der Waals surface area contributed by atoms with Crippen LogP contribution in [0.4, 0.5) is 5.69 Å². The van der Waals surface area contributed by atoms with E-state index in [1.54, 1.807) is 23.5 Å². The van der Waals surface area contributed by atoms with Gasteiger partial charge in [0.2, 0.25) is 0 Å². The largest absolute Gasteiger partial charge is 0.304 e. The Morgan fingerprint density at radius 2 is 2.22 bits per heavy atom. The molecule has 6 heteroatoms. The van der Waals surface area contributed by atoms with Crippen molar-refractivity contribution in [3.05, 3.63) is 55.5 Å². The van der Waals surface area contributed by atoms with E-state index in [0.717, 1.165) is 36.4 Å². The van der Waals surface area contributed by atoms with E-state index in [9.17, 15) is 10.1 Å². The van der Waals surface area contributed by atoms with Crippen molar-refractivity contribution in [3.63, 3.8) is 0 Å². The summed E-state index contributed by atoms with van der Waals surface area (Å²) < 4.78 is 0. The minimum absolute atomic E-state index is 0.183. The first-order chi connectivity index (χ1) is 11.2. The van der Waals surface area contributed by atoms with Gasteiger partial charge in [0, 0.05) is 36.0 Å². The number of hydrogen-bond acceptors (Lipinski definition) is 5. The quantitative estimate of drug-likeness (QED) is 0.662. The molecule has 0 aliphatic heterocycles. The third kappa shape index (κ3) is 3.14. The Morgan fingerprint density at radius 3 is 3.00 bits per heavy atom. The van der Waals surface area contributed by atoms with Gasteiger partial charge in [0.15, 0.2) is 0 Å². The third-order valence-electron chi connectivity index (χ3n) is 4.72. The molecule has 2 aliphatic carbocycles. The number of thiazole rings is 1. The van der Waals surface area contributed by atoms with Gasteiger partial charge in [0.05, 0.1) is 10.6 Å². The second kappa shape index (κ2) is 6.02. The molecule has 1 aromatic carbocycles. The van der Waals surface area contributed by atoms with Gasteiger partial charge in [-0.1, -0.05) is 6.07 Å². The monoisotopic (exact) mass is 329 g/mol. The SMILES string of the molecule is O=[N+]([O-])c1ccc2c(c1)[C@@H](NCc1nc(C3CC3)cs1)CCC2. The van der Waals surface area contributed by atoms with E-state index in [-0.39, 0.29) is 16.7 Å². The number of nitro benzene ring substituents is 1. The van der Waals surface area contributed by atoms with Crippen molar-refractivity contribution in [1.82, 2.24) is 10.3 Å². The maximum Gasteiger partial charge on any atom is 0.269 e. The van der Waals surface area contributed by atoms with Crippen LogP contribution in [0.1, 0.15) is 59.5 Å². The summed E-state index contributed by atoms with van der Waals surface area (Å²) in [4.78, 5) is 15.4. The first-order valence-electron chi connectivity index (χ1n) is 8.15. The molecule has 23 heavy (non-hydrogen) atoms. The normalized spacial score (nSPS) is 20.3. The molecule has 120 valence electrons. The van der Waals surface area contributed by atoms with Gasteiger partial charge in [-0.15, -0.1) is 11.3 Å². The lowest BCUT2D eigenvalue weighted by Crippen LogP contribution is -2.25. The molecule has 5 nitrogen and oxygen atoms in total. The predicted octanol–water partition coefficient (Wildman–Crippen LogP) is 4.10. The van der Waals surface area contributed by atoms with Crippen LogP contribution in [0.2, 0.25) is 0 Å². The zero-order valence-electron chi connectivity index (χ0n) is 12.8. The number of hydrogen-bond donors (Lipinski definition) is 1. The van der Waals surface area contributed by atoms with Crippen molar-refractivity contribution in [2.24, 2.45) is 0 Å². The molecule has 1 heterocycles. The van der Waals surface area contributed by atoms with Gasteiger partial charge >= 0.3 is 0 Å². The second-order valence-corrected chi connectivity index (χ2v) is 7.35. The maximum absolute atomic E-state index is 11.0. The molecule has 2 aromatic rings. The number of rotatable bonds is 5. The molecule has 1 atom stereocenters. The number of aryl methyl sites for hydroxylation is 1. The molecular weight excluding hydrogens is 310 g/mol. The Bertz CT molecular complexity index is 739. The lowest BCUT2D eigenvalue weighted by atomic mass is 9.87. The zero-order chi connectivity index (χ0) is 15.8. The average molecular weight is 329 g/mol. The molecule has 0 amide bonds. The lowest BCUT2D eigenvalue weighted by Gasteiger charge is -2.26. The summed E-state index contributed by atoms with van der Waals surface area (Å²) in [6, 6.07) is 5.45. The van der Waals surface area contributed by atoms with E-state index in [1.807, 2.05) is 6.07 Å². The fraction of sp³-hybridized carbons (Fsp3) is 0.471. The fourth-order valence-corrected chi connectivity index (χ4v) is 4.12. The van der Waals surface area contributed by atoms with Crippen molar-refractivity contribution >= 4 is 17.0 Å². The molecule has 2 aliphatic rings. The number of fused-ring (bicyclic) bond motifs is 1. The summed E-state index contributed by atoms with van der Waals surface area (Å²) in [6.45, 7) is 0.740. The van der Waals surface area contributed by atoms with E-state index >= 15 is 0 Å². The summed E-state index contributed by atoms with van der Waals surface area (Å²) in [5.41, 5.74) is 3.75. The summed E-state index contributed by atoms with van der Waals surface area (Å²) in [7, 11) is 0. The summed E-state index contributed by atoms with van der Waals surface area (Å²) in [5, 5.41) is 17.9. The van der Waals surface area contributed by atoms with Gasteiger partial charge in [0.25, 0.3) is 5.69 Å². The Morgan fingerprint density at radius 1 is 1.35 bits per heavy atom. The Balaban J connectivity index is 1.49. The van der Waals surface area contributed by atoms with Crippen LogP contribution >= 0.6 is 11.3 Å². The number of non-ortho nitro benzene ring substituents is 1. The van der Waals surface area contributed by atoms with Crippen molar-refractivity contribution in [3.8, 4) is 0 Å². The predicted molar refractivity (Wildman–Crippen MR) is 89.7 cm³/mol. The van der Waals surface area contributed by atoms with Gasteiger partial charge in [-0.3, -0.25) is 10.1 Å². The lowest BCUT2D eigenvalue weighted by molar-refractivity contribution is -0.385. The molecule has 1 fully saturated rings. The van der Waals surface area contributed by atoms with E-state index in [1.165, 1.54) is 24.1 Å². The summed E-state index contributed by atoms with van der Waals surface area (Å²) >= 11 is 1.71. The Hall–Kier alpha value is -1.79. The van der Waals surface area contributed by atoms with Gasteiger partial charge in [0.1, 0.15) is 5.01 Å². The molecule has 1 saturated carbocycles. The minimum Gasteiger partial charge on any atom is -0.304 e. The van der Waals surface area contributed by atoms with Crippen molar-refractivity contribution in [1.29, 1.82) is 0 Å². The van der Waals surface area contributed by atoms with Crippen LogP contribution in [0.15, 0.2) is 23.6 Å². The van der Waals surface area contributed by atoms with Crippen molar-refractivity contribution in [2.45, 2.75) is 50.6 Å². The highest BCUT2D eigenvalue weighted by molar-refractivity contribution is 7.09. The maximum atomic E-state index is 11.0. The highest BCUT2D eigenvalue weighted by atomic mass is 32.1. The molecule has 0 radical (unpaired) electrons. The van der Waals surface area contributed by atoms with Crippen LogP contribution in [-0.2, 0) is 13.0 Å². The first-order valence-corrected chi connectivity index (χ1v) is 9.03. The van der Waals surface area contributed by atoms with Crippen LogP contribution in [0, 0.1) is 10.1 Å². The van der Waals surface area contributed by atoms with Gasteiger partial charge in [-0.05, 0) is 43.2 Å². The second-order valence-electron chi connectivity index (χ2n) is 6.41. The van der Waals surface area contributed by atoms with E-state index in [2.05, 4.69) is 10.7 Å². The van der Waals surface area contributed by atoms with Gasteiger partial charge in [-0.2, -0.15) is 0 Å². The number of benzene rings is 1. The molecule has 0 bridgehead atoms. The molecule has 1 aromatic heterocycles. The highest BCUT2D eigenvalue weighted by Crippen LogP contribution is 2.40. The average Bonchev–Trinajstić information content (AvgIpc) is 3.31. The molecule has 0 spiro atoms. The van der Waals surface area contributed by atoms with Crippen LogP contribution in [0.5, 0.6) is 0 Å². The standard InChI is InChI=1S/C17H19N3O2S/c21-20(22)13-7-6-11-2-1-3-15(14(11)8-13)18-9-17-19-16(10-23-17)12-4-5-12/h6-8,10,12,15,18H,1-5,9H2/t15-/m0/s1. The molecule has 1 N–H and O–H groups in total. The number of aromatic nitrogens is 1. The molecule has 4 rings (SSSR count). The van der Waals surface area contributed by atoms with Crippen LogP contribution < -0.4 is 5.32 Å². The van der Waals surface area contributed by atoms with Crippen molar-refractivity contribution in [2.75, 3.05) is 0 Å². The van der Waals surface area contributed by atoms with Crippen LogP contribution in [0.25, 0.3) is 0 Å². The van der Waals surface area contributed by atoms with E-state index in [0.29, 0.717) is 5.92 Å². The number of nitrogens with one attached hydrogen (secondary N) is 1. The topological polar surface area (TPSA) is 68.1 Å². The summed E-state index contributed by atoms with van der Waals surface area (Å²) in [5.74, 6) is 0.693. The van der Waals surface area contributed by atoms with E-state index in [4.69, 9.17) is 4.98 Å². The molecular formula is C17H19N3O2S. The zero-order valence-corrected chi connectivity index (χ0v) is 13.6. The third-order valence-corrected chi connectivity index (χ3v) is 5.59.